The van der Waals surface area contributed by atoms with Crippen LogP contribution < -0.4 is 0 Å². The van der Waals surface area contributed by atoms with Gasteiger partial charge in [0.05, 0.1) is 25.9 Å². The van der Waals surface area contributed by atoms with Crippen molar-refractivity contribution in [1.29, 1.82) is 0 Å². The summed E-state index contributed by atoms with van der Waals surface area (Å²) in [6, 6.07) is 0. The number of hydrogen-bond donors (Lipinski definition) is 1. The number of aliphatic hydroxyl groups is 1. The smallest absolute Gasteiger partial charge is 0.189 e. The van der Waals surface area contributed by atoms with Crippen LogP contribution in [-0.4, -0.2) is 62.4 Å². The molecule has 1 saturated heterocycles. The molecular formula is C28H48O6. The predicted molar refractivity (Wildman–Crippen MR) is 129 cm³/mol. The van der Waals surface area contributed by atoms with Gasteiger partial charge in [-0.05, 0) is 99.7 Å². The van der Waals surface area contributed by atoms with Crippen molar-refractivity contribution >= 4 is 0 Å². The first-order valence-electron chi connectivity index (χ1n) is 14.1. The molecule has 0 aromatic carbocycles. The third-order valence-corrected chi connectivity index (χ3v) is 10.7. The van der Waals surface area contributed by atoms with Crippen molar-refractivity contribution in [3.8, 4) is 0 Å². The van der Waals surface area contributed by atoms with Crippen molar-refractivity contribution in [2.75, 3.05) is 33.0 Å². The lowest BCUT2D eigenvalue weighted by Gasteiger charge is -2.63. The maximum atomic E-state index is 12.3. The molecule has 4 saturated carbocycles. The highest BCUT2D eigenvalue weighted by atomic mass is 16.7. The Bertz CT molecular complexity index is 690. The normalized spacial score (nSPS) is 46.9. The van der Waals surface area contributed by atoms with Crippen molar-refractivity contribution in [3.05, 3.63) is 0 Å². The molecule has 0 radical (unpaired) electrons. The Hall–Kier alpha value is -0.240. The summed E-state index contributed by atoms with van der Waals surface area (Å²) in [4.78, 5) is 0. The van der Waals surface area contributed by atoms with E-state index in [-0.39, 0.29) is 11.5 Å². The van der Waals surface area contributed by atoms with Crippen LogP contribution in [0.2, 0.25) is 0 Å². The topological polar surface area (TPSA) is 66.4 Å². The Morgan fingerprint density at radius 1 is 0.941 bits per heavy atom. The van der Waals surface area contributed by atoms with E-state index in [1.807, 2.05) is 13.8 Å². The molecule has 6 heteroatoms. The lowest BCUT2D eigenvalue weighted by molar-refractivity contribution is -0.291. The minimum absolute atomic E-state index is 0.0932. The zero-order valence-electron chi connectivity index (χ0n) is 21.9. The molecule has 0 aromatic rings. The van der Waals surface area contributed by atoms with Crippen molar-refractivity contribution in [3.63, 3.8) is 0 Å². The second-order valence-corrected chi connectivity index (χ2v) is 12.4. The highest BCUT2D eigenvalue weighted by Crippen LogP contribution is 2.67. The number of hydrogen-bond acceptors (Lipinski definition) is 6. The highest BCUT2D eigenvalue weighted by Gasteiger charge is 2.64. The Labute approximate surface area is 206 Å². The second-order valence-electron chi connectivity index (χ2n) is 12.4. The van der Waals surface area contributed by atoms with E-state index < -0.39 is 18.2 Å². The van der Waals surface area contributed by atoms with Gasteiger partial charge in [-0.25, -0.2) is 0 Å². The van der Waals surface area contributed by atoms with E-state index in [0.717, 1.165) is 18.3 Å². The van der Waals surface area contributed by atoms with Crippen LogP contribution in [-0.2, 0) is 23.7 Å². The van der Waals surface area contributed by atoms with Crippen LogP contribution >= 0.6 is 0 Å². The largest absolute Gasteiger partial charge is 0.382 e. The minimum Gasteiger partial charge on any atom is -0.382 e. The molecule has 5 rings (SSSR count). The Balaban J connectivity index is 1.38. The summed E-state index contributed by atoms with van der Waals surface area (Å²) in [5.74, 6) is 2.90. The van der Waals surface area contributed by atoms with E-state index >= 15 is 0 Å². The fraction of sp³-hybridized carbons (Fsp3) is 1.00. The summed E-state index contributed by atoms with van der Waals surface area (Å²) in [6.07, 6.45) is 9.62. The van der Waals surface area contributed by atoms with Gasteiger partial charge in [0, 0.05) is 13.2 Å². The standard InChI is InChI=1S/C28H48O6/c1-5-30-24(31-6-2)17-34-23-16-19-9-10-20-21-8-7-12-26(21,3)13-11-22(20)27(19,4)18-28(23,29)25-32-14-15-33-25/h19-25,29H,5-18H2,1-4H3/t19?,20-,21-,22+,23?,26-,27-,28?/m0/s1. The number of fused-ring (bicyclic) bond motifs is 5. The van der Waals surface area contributed by atoms with Gasteiger partial charge in [0.1, 0.15) is 5.60 Å². The molecule has 0 amide bonds. The molecular weight excluding hydrogens is 432 g/mol. The third-order valence-electron chi connectivity index (χ3n) is 10.7. The van der Waals surface area contributed by atoms with Gasteiger partial charge in [-0.1, -0.05) is 20.3 Å². The summed E-state index contributed by atoms with van der Waals surface area (Å²) < 4.78 is 29.8. The van der Waals surface area contributed by atoms with E-state index in [0.29, 0.717) is 56.7 Å². The summed E-state index contributed by atoms with van der Waals surface area (Å²) in [7, 11) is 0. The average Bonchev–Trinajstić information content (AvgIpc) is 3.48. The van der Waals surface area contributed by atoms with E-state index in [2.05, 4.69) is 13.8 Å². The molecule has 0 bridgehead atoms. The van der Waals surface area contributed by atoms with Gasteiger partial charge < -0.3 is 28.8 Å². The zero-order valence-corrected chi connectivity index (χ0v) is 21.9. The Morgan fingerprint density at radius 3 is 2.38 bits per heavy atom. The number of rotatable bonds is 8. The summed E-state index contributed by atoms with van der Waals surface area (Å²) in [5, 5.41) is 12.3. The minimum atomic E-state index is -1.15. The van der Waals surface area contributed by atoms with Crippen LogP contribution in [0.3, 0.4) is 0 Å². The molecule has 5 aliphatic rings. The monoisotopic (exact) mass is 480 g/mol. The Morgan fingerprint density at radius 2 is 1.68 bits per heavy atom. The van der Waals surface area contributed by atoms with Crippen molar-refractivity contribution < 1.29 is 28.8 Å². The second kappa shape index (κ2) is 9.90. The van der Waals surface area contributed by atoms with Gasteiger partial charge in [-0.3, -0.25) is 0 Å². The predicted octanol–water partition coefficient (Wildman–Crippen LogP) is 4.92. The van der Waals surface area contributed by atoms with E-state index in [1.54, 1.807) is 0 Å². The lowest BCUT2D eigenvalue weighted by Crippen LogP contribution is -2.65. The molecule has 0 spiro atoms. The molecule has 196 valence electrons. The molecule has 5 fully saturated rings. The first kappa shape index (κ1) is 25.4. The van der Waals surface area contributed by atoms with Gasteiger partial charge in [-0.2, -0.15) is 0 Å². The highest BCUT2D eigenvalue weighted by molar-refractivity contribution is 5.12. The lowest BCUT2D eigenvalue weighted by atomic mass is 9.43. The summed E-state index contributed by atoms with van der Waals surface area (Å²) in [6.45, 7) is 11.5. The molecule has 6 nitrogen and oxygen atoms in total. The van der Waals surface area contributed by atoms with Crippen LogP contribution in [0, 0.1) is 34.5 Å². The first-order chi connectivity index (χ1) is 16.3. The fourth-order valence-corrected chi connectivity index (χ4v) is 9.18. The quantitative estimate of drug-likeness (QED) is 0.498. The first-order valence-corrected chi connectivity index (χ1v) is 14.1. The van der Waals surface area contributed by atoms with Crippen LogP contribution in [0.15, 0.2) is 0 Å². The van der Waals surface area contributed by atoms with E-state index in [4.69, 9.17) is 23.7 Å². The SMILES string of the molecule is CCOC(COC1CC2CC[C@@H]3[C@@H](CC[C@]4(C)CCC[C@@H]34)[C@@]2(C)CC1(O)C1OCCO1)OCC. The van der Waals surface area contributed by atoms with Crippen LogP contribution in [0.25, 0.3) is 0 Å². The van der Waals surface area contributed by atoms with Gasteiger partial charge in [0.25, 0.3) is 0 Å². The molecule has 3 unspecified atom stereocenters. The molecule has 0 aromatic heterocycles. The maximum Gasteiger partial charge on any atom is 0.189 e. The molecule has 34 heavy (non-hydrogen) atoms. The third kappa shape index (κ3) is 4.28. The van der Waals surface area contributed by atoms with Crippen LogP contribution in [0.5, 0.6) is 0 Å². The maximum absolute atomic E-state index is 12.3. The number of ether oxygens (including phenoxy) is 5. The van der Waals surface area contributed by atoms with E-state index in [9.17, 15) is 5.11 Å². The van der Waals surface area contributed by atoms with Gasteiger partial charge in [0.2, 0.25) is 0 Å². The van der Waals surface area contributed by atoms with Crippen molar-refractivity contribution in [2.24, 2.45) is 34.5 Å². The summed E-state index contributed by atoms with van der Waals surface area (Å²) in [5.41, 5.74) is -0.509. The average molecular weight is 481 g/mol. The zero-order chi connectivity index (χ0) is 24.0. The molecule has 4 aliphatic carbocycles. The molecule has 1 heterocycles. The van der Waals surface area contributed by atoms with Gasteiger partial charge in [-0.15, -0.1) is 0 Å². The van der Waals surface area contributed by atoms with Crippen molar-refractivity contribution in [2.45, 2.75) is 110 Å². The molecule has 1 aliphatic heterocycles. The molecule has 8 atom stereocenters. The van der Waals surface area contributed by atoms with Gasteiger partial charge >= 0.3 is 0 Å². The fourth-order valence-electron chi connectivity index (χ4n) is 9.18. The van der Waals surface area contributed by atoms with E-state index in [1.165, 1.54) is 44.9 Å². The van der Waals surface area contributed by atoms with Crippen molar-refractivity contribution in [1.82, 2.24) is 0 Å². The Kier molecular flexibility index (Phi) is 7.40. The van der Waals surface area contributed by atoms with Crippen LogP contribution in [0.1, 0.15) is 85.5 Å². The molecule has 1 N–H and O–H groups in total. The van der Waals surface area contributed by atoms with Gasteiger partial charge in [0.15, 0.2) is 12.6 Å². The van der Waals surface area contributed by atoms with Crippen LogP contribution in [0.4, 0.5) is 0 Å². The summed E-state index contributed by atoms with van der Waals surface area (Å²) >= 11 is 0.